The van der Waals surface area contributed by atoms with Crippen molar-refractivity contribution in [3.05, 3.63) is 0 Å². The van der Waals surface area contributed by atoms with E-state index in [0.717, 1.165) is 97.6 Å². The van der Waals surface area contributed by atoms with E-state index in [1.54, 1.807) is 6.92 Å². The number of rotatable bonds is 31. The number of likely N-dealkylation sites (tertiary alicyclic amines) is 2. The Hall–Kier alpha value is -2.26. The summed E-state index contributed by atoms with van der Waals surface area (Å²) in [6.07, 6.45) is 9.71. The molecule has 374 valence electrons. The molecule has 2 rings (SSSR count). The molecular formula is C50H98N5O8S+3. The molecule has 2 aliphatic heterocycles. The molecule has 0 aromatic heterocycles. The summed E-state index contributed by atoms with van der Waals surface area (Å²) in [6.45, 7) is 25.7. The molecule has 14 heteroatoms. The number of Topliss-reactive ketones (excluding diaryl/α,β-unsaturated/α-hetero) is 3. The molecule has 2 aliphatic rings. The standard InChI is InChI=1S/C47H90N5O5.C3H8O3S/c1-15-45(6,40(53)24-21-31-50(9,10)16-2)36-47(8,42(55)26-23-33-52(13,14)18-4)37-46(7,41(54)25-22-32-51(11,12)17-3)35-39(49-30-20-28-44(49)57)34-38(5)48-29-19-27-43(48)56;1-3-6-7(2,4)5/h38-39H,15-37H2,1-14H3;3H2,1-2H3/q+3;. The lowest BCUT2D eigenvalue weighted by atomic mass is 9.59. The van der Waals surface area contributed by atoms with Crippen molar-refractivity contribution in [3.63, 3.8) is 0 Å². The Labute approximate surface area is 392 Å². The van der Waals surface area contributed by atoms with E-state index in [9.17, 15) is 27.6 Å². The highest BCUT2D eigenvalue weighted by molar-refractivity contribution is 7.85. The van der Waals surface area contributed by atoms with Crippen LogP contribution in [0.5, 0.6) is 0 Å². The second-order valence-corrected chi connectivity index (χ2v) is 24.0. The fraction of sp³-hybridized carbons (Fsp3) is 0.900. The predicted octanol–water partition coefficient (Wildman–Crippen LogP) is 7.30. The third-order valence-corrected chi connectivity index (χ3v) is 15.9. The van der Waals surface area contributed by atoms with Gasteiger partial charge in [0.25, 0.3) is 10.1 Å². The molecule has 0 N–H and O–H groups in total. The summed E-state index contributed by atoms with van der Waals surface area (Å²) in [5.74, 6) is 0.769. The molecule has 0 aromatic carbocycles. The molecule has 0 saturated carbocycles. The summed E-state index contributed by atoms with van der Waals surface area (Å²) in [6, 6.07) is -0.299. The average Bonchev–Trinajstić information content (AvgIpc) is 3.84. The highest BCUT2D eigenvalue weighted by Crippen LogP contribution is 2.49. The Morgan fingerprint density at radius 2 is 1.02 bits per heavy atom. The summed E-state index contributed by atoms with van der Waals surface area (Å²) in [5.41, 5.74) is -2.56. The molecule has 0 bridgehead atoms. The van der Waals surface area contributed by atoms with Crippen LogP contribution >= 0.6 is 0 Å². The monoisotopic (exact) mass is 929 g/mol. The first kappa shape index (κ1) is 59.8. The van der Waals surface area contributed by atoms with Crippen molar-refractivity contribution in [2.24, 2.45) is 16.2 Å². The Morgan fingerprint density at radius 3 is 1.34 bits per heavy atom. The van der Waals surface area contributed by atoms with E-state index < -0.39 is 26.4 Å². The number of nitrogens with zero attached hydrogens (tertiary/aromatic N) is 5. The van der Waals surface area contributed by atoms with Gasteiger partial charge in [0.2, 0.25) is 11.8 Å². The summed E-state index contributed by atoms with van der Waals surface area (Å²) >= 11 is 0. The van der Waals surface area contributed by atoms with Crippen molar-refractivity contribution >= 4 is 39.3 Å². The molecule has 13 nitrogen and oxygen atoms in total. The van der Waals surface area contributed by atoms with Gasteiger partial charge < -0.3 is 23.2 Å². The number of hydrogen-bond acceptors (Lipinski definition) is 8. The third kappa shape index (κ3) is 19.9. The molecule has 64 heavy (non-hydrogen) atoms. The summed E-state index contributed by atoms with van der Waals surface area (Å²) in [5, 5.41) is 0. The number of carbonyl (C=O) groups is 5. The van der Waals surface area contributed by atoms with E-state index in [0.29, 0.717) is 70.8 Å². The van der Waals surface area contributed by atoms with Crippen molar-refractivity contribution in [3.8, 4) is 0 Å². The van der Waals surface area contributed by atoms with Gasteiger partial charge >= 0.3 is 0 Å². The minimum atomic E-state index is -3.17. The first-order valence-corrected chi connectivity index (χ1v) is 26.7. The van der Waals surface area contributed by atoms with E-state index in [1.165, 1.54) is 0 Å². The van der Waals surface area contributed by atoms with Crippen LogP contribution in [0, 0.1) is 16.2 Å². The number of quaternary nitrogens is 3. The highest BCUT2D eigenvalue weighted by Gasteiger charge is 2.50. The molecular weight excluding hydrogens is 831 g/mol. The molecule has 2 saturated heterocycles. The molecule has 0 spiro atoms. The molecule has 2 amide bonds. The maximum absolute atomic E-state index is 15.0. The van der Waals surface area contributed by atoms with Crippen LogP contribution in [0.15, 0.2) is 0 Å². The summed E-state index contributed by atoms with van der Waals surface area (Å²) in [4.78, 5) is 74.7. The second kappa shape index (κ2) is 25.8. The SMILES string of the molecule is CCC(C)(CC(C)(CC(C)(CC(CC(C)N1CCCC1=O)N1CCCC1=O)C(=O)CCC[N+](C)(C)CC)C(=O)CCC[N+](C)(C)CC)C(=O)CCC[N+](C)(C)CC.CCOS(C)(=O)=O. The van der Waals surface area contributed by atoms with Gasteiger partial charge in [-0.25, -0.2) is 0 Å². The van der Waals surface area contributed by atoms with Gasteiger partial charge in [-0.2, -0.15) is 8.42 Å². The quantitative estimate of drug-likeness (QED) is 0.0523. The lowest BCUT2D eigenvalue weighted by Gasteiger charge is -2.45. The molecule has 0 aliphatic carbocycles. The number of carbonyl (C=O) groups excluding carboxylic acids is 5. The zero-order chi connectivity index (χ0) is 49.4. The van der Waals surface area contributed by atoms with E-state index in [-0.39, 0.29) is 47.9 Å². The van der Waals surface area contributed by atoms with Gasteiger partial charge in [0.1, 0.15) is 17.3 Å². The Balaban J connectivity index is 0.00000269. The van der Waals surface area contributed by atoms with Gasteiger partial charge in [-0.05, 0) is 79.6 Å². The minimum Gasteiger partial charge on any atom is -0.340 e. The van der Waals surface area contributed by atoms with Crippen LogP contribution in [0.1, 0.15) is 159 Å². The molecule has 5 atom stereocenters. The molecule has 5 unspecified atom stereocenters. The van der Waals surface area contributed by atoms with E-state index in [1.807, 2.05) is 9.80 Å². The number of ketones is 3. The fourth-order valence-electron chi connectivity index (χ4n) is 9.84. The van der Waals surface area contributed by atoms with Crippen LogP contribution in [0.3, 0.4) is 0 Å². The van der Waals surface area contributed by atoms with Gasteiger partial charge in [0, 0.05) is 92.8 Å². The molecule has 2 heterocycles. The van der Waals surface area contributed by atoms with Gasteiger partial charge in [0.15, 0.2) is 0 Å². The topological polar surface area (TPSA) is 135 Å². The minimum absolute atomic E-state index is 0.0641. The number of hydrogen-bond donors (Lipinski definition) is 0. The van der Waals surface area contributed by atoms with Crippen molar-refractivity contribution < 1.29 is 50.0 Å². The molecule has 2 fully saturated rings. The van der Waals surface area contributed by atoms with Crippen molar-refractivity contribution in [1.29, 1.82) is 0 Å². The van der Waals surface area contributed by atoms with Gasteiger partial charge in [-0.15, -0.1) is 0 Å². The third-order valence-electron chi connectivity index (χ3n) is 15.3. The van der Waals surface area contributed by atoms with Gasteiger partial charge in [0.05, 0.1) is 94.4 Å². The van der Waals surface area contributed by atoms with Crippen LogP contribution in [-0.2, 0) is 38.3 Å². The maximum atomic E-state index is 15.0. The lowest BCUT2D eigenvalue weighted by molar-refractivity contribution is -0.888. The normalized spacial score (nSPS) is 19.1. The lowest BCUT2D eigenvalue weighted by Crippen LogP contribution is -2.49. The highest BCUT2D eigenvalue weighted by atomic mass is 32.2. The first-order chi connectivity index (χ1) is 29.4. The summed E-state index contributed by atoms with van der Waals surface area (Å²) < 4.78 is 26.7. The van der Waals surface area contributed by atoms with Crippen LogP contribution in [0.4, 0.5) is 0 Å². The predicted molar refractivity (Wildman–Crippen MR) is 260 cm³/mol. The first-order valence-electron chi connectivity index (χ1n) is 24.9. The van der Waals surface area contributed by atoms with E-state index in [4.69, 9.17) is 0 Å². The van der Waals surface area contributed by atoms with Crippen LogP contribution in [-0.4, -0.2) is 180 Å². The van der Waals surface area contributed by atoms with Crippen LogP contribution in [0.25, 0.3) is 0 Å². The van der Waals surface area contributed by atoms with Gasteiger partial charge in [-0.1, -0.05) is 27.7 Å². The molecule has 0 aromatic rings. The fourth-order valence-corrected chi connectivity index (χ4v) is 10.3. The largest absolute Gasteiger partial charge is 0.340 e. The average molecular weight is 929 g/mol. The van der Waals surface area contributed by atoms with E-state index >= 15 is 4.79 Å². The van der Waals surface area contributed by atoms with Crippen LogP contribution in [0.2, 0.25) is 0 Å². The molecule has 0 radical (unpaired) electrons. The smallest absolute Gasteiger partial charge is 0.264 e. The second-order valence-electron chi connectivity index (χ2n) is 22.3. The number of amides is 2. The van der Waals surface area contributed by atoms with E-state index in [2.05, 4.69) is 102 Å². The zero-order valence-electron chi connectivity index (χ0n) is 44.0. The van der Waals surface area contributed by atoms with Crippen molar-refractivity contribution in [1.82, 2.24) is 9.80 Å². The zero-order valence-corrected chi connectivity index (χ0v) is 44.9. The summed E-state index contributed by atoms with van der Waals surface area (Å²) in [7, 11) is 10.00. The van der Waals surface area contributed by atoms with Crippen molar-refractivity contribution in [2.45, 2.75) is 171 Å². The van der Waals surface area contributed by atoms with Gasteiger partial charge in [-0.3, -0.25) is 28.2 Å². The Bertz CT molecular complexity index is 1630. The van der Waals surface area contributed by atoms with Crippen molar-refractivity contribution in [2.75, 3.05) is 108 Å². The Kier molecular flexibility index (Phi) is 24.0. The van der Waals surface area contributed by atoms with Crippen LogP contribution < -0.4 is 0 Å². The Morgan fingerprint density at radius 1 is 0.641 bits per heavy atom. The maximum Gasteiger partial charge on any atom is 0.264 e.